The summed E-state index contributed by atoms with van der Waals surface area (Å²) in [6.45, 7) is 4.48. The predicted molar refractivity (Wildman–Crippen MR) is 119 cm³/mol. The third-order valence-electron chi connectivity index (χ3n) is 5.28. The van der Waals surface area contributed by atoms with Crippen molar-refractivity contribution < 1.29 is 4.79 Å². The second kappa shape index (κ2) is 10.6. The van der Waals surface area contributed by atoms with E-state index < -0.39 is 0 Å². The van der Waals surface area contributed by atoms with Gasteiger partial charge in [0.05, 0.1) is 6.54 Å². The molecule has 2 atom stereocenters. The van der Waals surface area contributed by atoms with E-state index in [1.165, 1.54) is 5.56 Å². The van der Waals surface area contributed by atoms with E-state index in [1.807, 2.05) is 30.3 Å². The number of guanidine groups is 1. The van der Waals surface area contributed by atoms with E-state index >= 15 is 0 Å². The molecule has 6 heteroatoms. The molecule has 6 nitrogen and oxygen atoms in total. The van der Waals surface area contributed by atoms with Crippen LogP contribution in [0.1, 0.15) is 25.3 Å². The Labute approximate surface area is 173 Å². The van der Waals surface area contributed by atoms with Crippen molar-refractivity contribution in [2.45, 2.75) is 38.4 Å². The highest BCUT2D eigenvalue weighted by atomic mass is 16.1. The van der Waals surface area contributed by atoms with Crippen LogP contribution in [0.5, 0.6) is 0 Å². The standard InChI is InChI=1S/C23H31N5O/c1-18-15-21(13-14-28(18)17-19-9-5-3-6-10-19)27-23(24-2)25-16-22(29)26-20-11-7-4-8-12-20/h3-12,18,21H,13-17H2,1-2H3,(H,26,29)(H2,24,25,27). The number of aliphatic imine (C=N–C) groups is 1. The minimum Gasteiger partial charge on any atom is -0.354 e. The van der Waals surface area contributed by atoms with E-state index in [9.17, 15) is 4.79 Å². The fraction of sp³-hybridized carbons (Fsp3) is 0.391. The molecule has 0 aliphatic carbocycles. The van der Waals surface area contributed by atoms with Crippen molar-refractivity contribution in [3.63, 3.8) is 0 Å². The van der Waals surface area contributed by atoms with Crippen LogP contribution < -0.4 is 16.0 Å². The Balaban J connectivity index is 1.42. The summed E-state index contributed by atoms with van der Waals surface area (Å²) >= 11 is 0. The molecule has 1 saturated heterocycles. The SMILES string of the molecule is CN=C(NCC(=O)Nc1ccccc1)NC1CCN(Cc2ccccc2)C(C)C1. The monoisotopic (exact) mass is 393 g/mol. The Hall–Kier alpha value is -2.86. The van der Waals surface area contributed by atoms with Crippen molar-refractivity contribution in [1.29, 1.82) is 0 Å². The zero-order valence-electron chi connectivity index (χ0n) is 17.3. The van der Waals surface area contributed by atoms with E-state index in [0.29, 0.717) is 18.0 Å². The Morgan fingerprint density at radius 3 is 2.45 bits per heavy atom. The maximum Gasteiger partial charge on any atom is 0.243 e. The van der Waals surface area contributed by atoms with Crippen molar-refractivity contribution in [2.24, 2.45) is 4.99 Å². The summed E-state index contributed by atoms with van der Waals surface area (Å²) in [7, 11) is 1.73. The summed E-state index contributed by atoms with van der Waals surface area (Å²) in [6.07, 6.45) is 2.10. The Morgan fingerprint density at radius 1 is 1.10 bits per heavy atom. The molecule has 1 aliphatic heterocycles. The highest BCUT2D eigenvalue weighted by Gasteiger charge is 2.26. The molecule has 1 heterocycles. The molecule has 0 radical (unpaired) electrons. The van der Waals surface area contributed by atoms with Gasteiger partial charge in [-0.3, -0.25) is 14.7 Å². The third-order valence-corrected chi connectivity index (χ3v) is 5.28. The van der Waals surface area contributed by atoms with Gasteiger partial charge in [0.15, 0.2) is 5.96 Å². The van der Waals surface area contributed by atoms with Crippen molar-refractivity contribution in [3.8, 4) is 0 Å². The van der Waals surface area contributed by atoms with Crippen LogP contribution in [-0.2, 0) is 11.3 Å². The average Bonchev–Trinajstić information content (AvgIpc) is 2.74. The van der Waals surface area contributed by atoms with E-state index in [4.69, 9.17) is 0 Å². The second-order valence-electron chi connectivity index (χ2n) is 7.51. The van der Waals surface area contributed by atoms with Gasteiger partial charge < -0.3 is 16.0 Å². The van der Waals surface area contributed by atoms with Gasteiger partial charge >= 0.3 is 0 Å². The zero-order chi connectivity index (χ0) is 20.5. The molecule has 1 amide bonds. The highest BCUT2D eigenvalue weighted by molar-refractivity contribution is 5.94. The normalized spacial score (nSPS) is 20.1. The van der Waals surface area contributed by atoms with Crippen LogP contribution in [0.15, 0.2) is 65.7 Å². The fourth-order valence-corrected chi connectivity index (χ4v) is 3.68. The summed E-state index contributed by atoms with van der Waals surface area (Å²) in [5.74, 6) is 0.576. The molecule has 3 N–H and O–H groups in total. The van der Waals surface area contributed by atoms with Crippen LogP contribution in [0.4, 0.5) is 5.69 Å². The maximum atomic E-state index is 12.1. The van der Waals surface area contributed by atoms with Gasteiger partial charge in [0.1, 0.15) is 0 Å². The lowest BCUT2D eigenvalue weighted by molar-refractivity contribution is -0.115. The number of amides is 1. The van der Waals surface area contributed by atoms with E-state index in [-0.39, 0.29) is 12.5 Å². The molecular formula is C23H31N5O. The van der Waals surface area contributed by atoms with Crippen LogP contribution in [0.3, 0.4) is 0 Å². The first-order valence-corrected chi connectivity index (χ1v) is 10.2. The van der Waals surface area contributed by atoms with Crippen LogP contribution in [0.2, 0.25) is 0 Å². The van der Waals surface area contributed by atoms with Gasteiger partial charge in [-0.2, -0.15) is 0 Å². The smallest absolute Gasteiger partial charge is 0.243 e. The number of anilines is 1. The Kier molecular flexibility index (Phi) is 7.64. The van der Waals surface area contributed by atoms with Gasteiger partial charge in [-0.15, -0.1) is 0 Å². The summed E-state index contributed by atoms with van der Waals surface area (Å²) in [4.78, 5) is 18.9. The first-order valence-electron chi connectivity index (χ1n) is 10.2. The van der Waals surface area contributed by atoms with Crippen molar-refractivity contribution in [1.82, 2.24) is 15.5 Å². The predicted octanol–water partition coefficient (Wildman–Crippen LogP) is 2.84. The quantitative estimate of drug-likeness (QED) is 0.521. The van der Waals surface area contributed by atoms with Crippen LogP contribution in [-0.4, -0.2) is 49.0 Å². The number of hydrogen-bond donors (Lipinski definition) is 3. The minimum absolute atomic E-state index is 0.0924. The van der Waals surface area contributed by atoms with Gasteiger partial charge in [-0.25, -0.2) is 0 Å². The van der Waals surface area contributed by atoms with Gasteiger partial charge in [0.2, 0.25) is 5.91 Å². The lowest BCUT2D eigenvalue weighted by Gasteiger charge is -2.38. The molecular weight excluding hydrogens is 362 g/mol. The number of hydrogen-bond acceptors (Lipinski definition) is 3. The van der Waals surface area contributed by atoms with Crippen molar-refractivity contribution >= 4 is 17.6 Å². The largest absolute Gasteiger partial charge is 0.354 e. The maximum absolute atomic E-state index is 12.1. The highest BCUT2D eigenvalue weighted by Crippen LogP contribution is 2.19. The lowest BCUT2D eigenvalue weighted by atomic mass is 9.97. The Morgan fingerprint density at radius 2 is 1.79 bits per heavy atom. The van der Waals surface area contributed by atoms with Crippen LogP contribution in [0, 0.1) is 0 Å². The van der Waals surface area contributed by atoms with Gasteiger partial charge in [0.25, 0.3) is 0 Å². The number of nitrogens with one attached hydrogen (secondary N) is 3. The summed E-state index contributed by atoms with van der Waals surface area (Å²) in [5.41, 5.74) is 2.15. The van der Waals surface area contributed by atoms with Gasteiger partial charge in [-0.1, -0.05) is 48.5 Å². The summed E-state index contributed by atoms with van der Waals surface area (Å²) in [6, 6.07) is 20.9. The number of rotatable bonds is 6. The average molecular weight is 394 g/mol. The minimum atomic E-state index is -0.0924. The lowest BCUT2D eigenvalue weighted by Crippen LogP contribution is -2.52. The molecule has 0 saturated carbocycles. The van der Waals surface area contributed by atoms with Crippen molar-refractivity contribution in [2.75, 3.05) is 25.5 Å². The third kappa shape index (κ3) is 6.61. The first kappa shape index (κ1) is 20.9. The molecule has 2 aromatic rings. The van der Waals surface area contributed by atoms with Crippen LogP contribution in [0.25, 0.3) is 0 Å². The van der Waals surface area contributed by atoms with Gasteiger partial charge in [-0.05, 0) is 37.5 Å². The molecule has 2 aromatic carbocycles. The number of carbonyl (C=O) groups is 1. The molecule has 0 bridgehead atoms. The van der Waals surface area contributed by atoms with E-state index in [1.54, 1.807) is 7.05 Å². The molecule has 3 rings (SSSR count). The van der Waals surface area contributed by atoms with Crippen molar-refractivity contribution in [3.05, 3.63) is 66.2 Å². The fourth-order valence-electron chi connectivity index (χ4n) is 3.68. The molecule has 1 aliphatic rings. The molecule has 1 fully saturated rings. The van der Waals surface area contributed by atoms with E-state index in [2.05, 4.69) is 63.1 Å². The molecule has 2 unspecified atom stereocenters. The number of nitrogens with zero attached hydrogens (tertiary/aromatic N) is 2. The van der Waals surface area contributed by atoms with Gasteiger partial charge in [0, 0.05) is 37.9 Å². The molecule has 29 heavy (non-hydrogen) atoms. The molecule has 0 aromatic heterocycles. The molecule has 154 valence electrons. The number of carbonyl (C=O) groups excluding carboxylic acids is 1. The number of piperidine rings is 1. The Bertz CT molecular complexity index is 793. The molecule has 0 spiro atoms. The summed E-state index contributed by atoms with van der Waals surface area (Å²) in [5, 5.41) is 9.46. The topological polar surface area (TPSA) is 68.8 Å². The van der Waals surface area contributed by atoms with Crippen LogP contribution >= 0.6 is 0 Å². The second-order valence-corrected chi connectivity index (χ2v) is 7.51. The number of likely N-dealkylation sites (tertiary alicyclic amines) is 1. The number of para-hydroxylation sites is 1. The zero-order valence-corrected chi connectivity index (χ0v) is 17.3. The first-order chi connectivity index (χ1) is 14.1. The van der Waals surface area contributed by atoms with E-state index in [0.717, 1.165) is 31.6 Å². The summed E-state index contributed by atoms with van der Waals surface area (Å²) < 4.78 is 0. The number of benzene rings is 2.